The van der Waals surface area contributed by atoms with Crippen molar-refractivity contribution in [1.82, 2.24) is 10.2 Å². The second-order valence-electron chi connectivity index (χ2n) is 7.42. The Balaban J connectivity index is 1.37. The second kappa shape index (κ2) is 9.91. The molecule has 0 atom stereocenters. The Bertz CT molecular complexity index is 1310. The number of methoxy groups -OCH3 is 1. The molecule has 4 rings (SSSR count). The number of imide groups is 1. The lowest BCUT2D eigenvalue weighted by Gasteiger charge is -2.09. The molecule has 2 heterocycles. The van der Waals surface area contributed by atoms with Gasteiger partial charge in [0.25, 0.3) is 11.6 Å². The van der Waals surface area contributed by atoms with Crippen LogP contribution in [0.5, 0.6) is 5.75 Å². The van der Waals surface area contributed by atoms with Crippen molar-refractivity contribution in [2.75, 3.05) is 7.11 Å². The SMILES string of the molecule is COC(=O)c1ccc(CN2C(=O)N/C(=C\c3ccc(OCc4ccc([N+](=O)[O-])cc4)cc3)C2=O)o1. The highest BCUT2D eigenvalue weighted by Gasteiger charge is 2.34. The van der Waals surface area contributed by atoms with Gasteiger partial charge in [-0.1, -0.05) is 12.1 Å². The zero-order valence-electron chi connectivity index (χ0n) is 18.4. The Morgan fingerprint density at radius 1 is 1.09 bits per heavy atom. The molecular weight excluding hydrogens is 458 g/mol. The average Bonchev–Trinajstić information content (AvgIpc) is 3.44. The van der Waals surface area contributed by atoms with E-state index in [4.69, 9.17) is 9.15 Å². The lowest BCUT2D eigenvalue weighted by molar-refractivity contribution is -0.384. The van der Waals surface area contributed by atoms with Gasteiger partial charge in [-0.15, -0.1) is 0 Å². The summed E-state index contributed by atoms with van der Waals surface area (Å²) in [7, 11) is 1.22. The van der Waals surface area contributed by atoms with Crippen LogP contribution in [-0.4, -0.2) is 34.8 Å². The number of ether oxygens (including phenoxy) is 2. The first-order valence-electron chi connectivity index (χ1n) is 10.3. The topological polar surface area (TPSA) is 141 Å². The van der Waals surface area contributed by atoms with Gasteiger partial charge in [-0.25, -0.2) is 9.59 Å². The van der Waals surface area contributed by atoms with Crippen LogP contribution in [-0.2, 0) is 22.7 Å². The van der Waals surface area contributed by atoms with E-state index in [0.29, 0.717) is 11.3 Å². The van der Waals surface area contributed by atoms with E-state index < -0.39 is 22.8 Å². The number of rotatable bonds is 8. The minimum absolute atomic E-state index is 0.00774. The van der Waals surface area contributed by atoms with E-state index in [1.807, 2.05) is 0 Å². The molecular formula is C24H19N3O8. The van der Waals surface area contributed by atoms with Crippen LogP contribution < -0.4 is 10.1 Å². The second-order valence-corrected chi connectivity index (χ2v) is 7.42. The molecule has 178 valence electrons. The fourth-order valence-corrected chi connectivity index (χ4v) is 3.25. The van der Waals surface area contributed by atoms with Crippen molar-refractivity contribution in [2.24, 2.45) is 0 Å². The van der Waals surface area contributed by atoms with Gasteiger partial charge in [0, 0.05) is 12.1 Å². The Labute approximate surface area is 198 Å². The predicted octanol–water partition coefficient (Wildman–Crippen LogP) is 3.65. The number of amides is 3. The van der Waals surface area contributed by atoms with Crippen LogP contribution in [0.15, 0.2) is 70.8 Å². The van der Waals surface area contributed by atoms with E-state index in [1.54, 1.807) is 36.4 Å². The summed E-state index contributed by atoms with van der Waals surface area (Å²) in [5, 5.41) is 13.2. The summed E-state index contributed by atoms with van der Waals surface area (Å²) < 4.78 is 15.6. The van der Waals surface area contributed by atoms with E-state index in [0.717, 1.165) is 10.5 Å². The summed E-state index contributed by atoms with van der Waals surface area (Å²) in [6.45, 7) is 0.0842. The van der Waals surface area contributed by atoms with Crippen LogP contribution in [0.3, 0.4) is 0 Å². The largest absolute Gasteiger partial charge is 0.489 e. The fraction of sp³-hybridized carbons (Fsp3) is 0.125. The molecule has 11 nitrogen and oxygen atoms in total. The summed E-state index contributed by atoms with van der Waals surface area (Å²) in [6, 6.07) is 15.2. The smallest absolute Gasteiger partial charge is 0.373 e. The number of hydrogen-bond acceptors (Lipinski definition) is 8. The monoisotopic (exact) mass is 477 g/mol. The van der Waals surface area contributed by atoms with Crippen molar-refractivity contribution in [2.45, 2.75) is 13.2 Å². The van der Waals surface area contributed by atoms with Crippen LogP contribution >= 0.6 is 0 Å². The fourth-order valence-electron chi connectivity index (χ4n) is 3.25. The molecule has 0 unspecified atom stereocenters. The van der Waals surface area contributed by atoms with Crippen LogP contribution in [0.2, 0.25) is 0 Å². The molecule has 0 saturated carbocycles. The number of carbonyl (C=O) groups excluding carboxylic acids is 3. The molecule has 3 amide bonds. The third kappa shape index (κ3) is 5.36. The summed E-state index contributed by atoms with van der Waals surface area (Å²) >= 11 is 0. The molecule has 35 heavy (non-hydrogen) atoms. The van der Waals surface area contributed by atoms with Gasteiger partial charge in [0.05, 0.1) is 18.6 Å². The minimum Gasteiger partial charge on any atom is -0.489 e. The van der Waals surface area contributed by atoms with E-state index in [2.05, 4.69) is 10.1 Å². The number of urea groups is 1. The standard InChI is InChI=1S/C24H19N3O8/c1-33-23(29)21-11-10-19(35-21)13-26-22(28)20(25-24(26)30)12-15-4-8-18(9-5-15)34-14-16-2-6-17(7-3-16)27(31)32/h2-12H,13-14H2,1H3,(H,25,30)/b20-12-. The molecule has 1 aliphatic heterocycles. The molecule has 1 saturated heterocycles. The molecule has 2 aromatic carbocycles. The number of benzene rings is 2. The number of nitro groups is 1. The molecule has 3 aromatic rings. The first kappa shape index (κ1) is 23.2. The van der Waals surface area contributed by atoms with E-state index in [-0.39, 0.29) is 36.1 Å². The van der Waals surface area contributed by atoms with Crippen LogP contribution in [0.25, 0.3) is 6.08 Å². The number of furan rings is 1. The molecule has 0 radical (unpaired) electrons. The third-order valence-corrected chi connectivity index (χ3v) is 5.07. The predicted molar refractivity (Wildman–Crippen MR) is 121 cm³/mol. The molecule has 11 heteroatoms. The summed E-state index contributed by atoms with van der Waals surface area (Å²) in [6.07, 6.45) is 1.53. The molecule has 1 fully saturated rings. The Hall–Kier alpha value is -4.93. The number of carbonyl (C=O) groups is 3. The molecule has 0 aliphatic carbocycles. The van der Waals surface area contributed by atoms with Gasteiger partial charge in [-0.05, 0) is 53.6 Å². The van der Waals surface area contributed by atoms with Crippen LogP contribution in [0.1, 0.15) is 27.4 Å². The number of non-ortho nitro benzene ring substituents is 1. The maximum absolute atomic E-state index is 12.7. The zero-order valence-corrected chi connectivity index (χ0v) is 18.4. The van der Waals surface area contributed by atoms with Gasteiger partial charge < -0.3 is 19.2 Å². The summed E-state index contributed by atoms with van der Waals surface area (Å²) in [5.41, 5.74) is 1.53. The Morgan fingerprint density at radius 3 is 2.46 bits per heavy atom. The van der Waals surface area contributed by atoms with Crippen molar-refractivity contribution < 1.29 is 33.2 Å². The summed E-state index contributed by atoms with van der Waals surface area (Å²) in [5.74, 6) is -0.405. The van der Waals surface area contributed by atoms with E-state index in [1.165, 1.54) is 37.5 Å². The zero-order chi connectivity index (χ0) is 24.9. The highest BCUT2D eigenvalue weighted by Crippen LogP contribution is 2.21. The first-order chi connectivity index (χ1) is 16.8. The van der Waals surface area contributed by atoms with E-state index in [9.17, 15) is 24.5 Å². The average molecular weight is 477 g/mol. The van der Waals surface area contributed by atoms with Crippen molar-refractivity contribution >= 4 is 29.7 Å². The lowest BCUT2D eigenvalue weighted by Crippen LogP contribution is -2.30. The van der Waals surface area contributed by atoms with Crippen molar-refractivity contribution in [3.8, 4) is 5.75 Å². The van der Waals surface area contributed by atoms with Gasteiger partial charge in [0.15, 0.2) is 0 Å². The van der Waals surface area contributed by atoms with Gasteiger partial charge >= 0.3 is 12.0 Å². The van der Waals surface area contributed by atoms with Crippen LogP contribution in [0.4, 0.5) is 10.5 Å². The number of hydrogen-bond donors (Lipinski definition) is 1. The molecule has 1 N–H and O–H groups in total. The minimum atomic E-state index is -0.658. The number of esters is 1. The van der Waals surface area contributed by atoms with Gasteiger partial charge in [0.2, 0.25) is 5.76 Å². The molecule has 0 spiro atoms. The maximum Gasteiger partial charge on any atom is 0.373 e. The van der Waals surface area contributed by atoms with Crippen molar-refractivity contribution in [3.05, 3.63) is 99.1 Å². The van der Waals surface area contributed by atoms with Gasteiger partial charge in [0.1, 0.15) is 23.8 Å². The Morgan fingerprint density at radius 2 is 1.80 bits per heavy atom. The van der Waals surface area contributed by atoms with Gasteiger partial charge in [-0.2, -0.15) is 0 Å². The van der Waals surface area contributed by atoms with Crippen LogP contribution in [0, 0.1) is 10.1 Å². The number of nitro benzene ring substituents is 1. The number of nitrogens with one attached hydrogen (secondary N) is 1. The highest BCUT2D eigenvalue weighted by molar-refractivity contribution is 6.13. The lowest BCUT2D eigenvalue weighted by atomic mass is 10.2. The van der Waals surface area contributed by atoms with Gasteiger partial charge in [-0.3, -0.25) is 19.8 Å². The third-order valence-electron chi connectivity index (χ3n) is 5.07. The van der Waals surface area contributed by atoms with E-state index >= 15 is 0 Å². The molecule has 0 bridgehead atoms. The summed E-state index contributed by atoms with van der Waals surface area (Å²) in [4.78, 5) is 47.7. The maximum atomic E-state index is 12.7. The normalized spacial score (nSPS) is 14.2. The quantitative estimate of drug-likeness (QED) is 0.170. The van der Waals surface area contributed by atoms with Crippen molar-refractivity contribution in [3.63, 3.8) is 0 Å². The molecule has 1 aromatic heterocycles. The first-order valence-corrected chi connectivity index (χ1v) is 10.3. The Kier molecular flexibility index (Phi) is 6.58. The highest BCUT2D eigenvalue weighted by atomic mass is 16.6. The molecule has 1 aliphatic rings. The van der Waals surface area contributed by atoms with Crippen molar-refractivity contribution in [1.29, 1.82) is 0 Å². The number of nitrogens with zero attached hydrogens (tertiary/aromatic N) is 2.